The monoisotopic (exact) mass is 571 g/mol. The molecule has 7 nitrogen and oxygen atoms in total. The van der Waals surface area contributed by atoms with Crippen LogP contribution in [-0.4, -0.2) is 60.8 Å². The topological polar surface area (TPSA) is 77.4 Å². The number of fused-ring (bicyclic) bond motifs is 1. The molecule has 34 heavy (non-hydrogen) atoms. The van der Waals surface area contributed by atoms with Gasteiger partial charge in [-0.3, -0.25) is 4.99 Å². The summed E-state index contributed by atoms with van der Waals surface area (Å²) in [6, 6.07) is 9.65. The first-order chi connectivity index (χ1) is 16.2. The number of nitrogens with one attached hydrogen (secondary N) is 1. The van der Waals surface area contributed by atoms with Gasteiger partial charge >= 0.3 is 0 Å². The number of sulfonamides is 1. The van der Waals surface area contributed by atoms with Crippen LogP contribution in [0, 0.1) is 11.6 Å². The van der Waals surface area contributed by atoms with E-state index in [4.69, 9.17) is 16.6 Å². The predicted molar refractivity (Wildman–Crippen MR) is 132 cm³/mol. The Labute approximate surface area is 210 Å². The lowest BCUT2D eigenvalue weighted by Crippen LogP contribution is -2.40. The highest BCUT2D eigenvalue weighted by molar-refractivity contribution is 9.10. The van der Waals surface area contributed by atoms with Gasteiger partial charge < -0.3 is 5.32 Å². The van der Waals surface area contributed by atoms with Crippen LogP contribution < -0.4 is 5.32 Å². The molecular formula is C22H21BrClF2N5O2S. The van der Waals surface area contributed by atoms with Crippen molar-refractivity contribution in [2.45, 2.75) is 22.3 Å². The van der Waals surface area contributed by atoms with Gasteiger partial charge in [-0.2, -0.15) is 5.10 Å². The van der Waals surface area contributed by atoms with Crippen molar-refractivity contribution >= 4 is 49.5 Å². The number of hydrogen-bond donors (Lipinski definition) is 1. The fraction of sp³-hybridized carbons (Fsp3) is 0.273. The molecule has 0 spiro atoms. The number of alkyl halides is 1. The highest BCUT2D eigenvalue weighted by Gasteiger charge is 2.34. The van der Waals surface area contributed by atoms with Gasteiger partial charge in [0.05, 0.1) is 15.4 Å². The molecular weight excluding hydrogens is 552 g/mol. The smallest absolute Gasteiger partial charge is 0.243 e. The predicted octanol–water partition coefficient (Wildman–Crippen LogP) is 3.95. The van der Waals surface area contributed by atoms with Crippen LogP contribution >= 0.6 is 27.5 Å². The zero-order valence-corrected chi connectivity index (χ0v) is 21.2. The van der Waals surface area contributed by atoms with Gasteiger partial charge in [-0.1, -0.05) is 45.7 Å². The molecule has 0 fully saturated rings. The molecule has 0 bridgehead atoms. The zero-order chi connectivity index (χ0) is 24.5. The van der Waals surface area contributed by atoms with Crippen LogP contribution in [0.15, 0.2) is 69.4 Å². The zero-order valence-electron chi connectivity index (χ0n) is 18.0. The second kappa shape index (κ2) is 10.1. The molecule has 2 aliphatic rings. The van der Waals surface area contributed by atoms with Crippen LogP contribution in [0.2, 0.25) is 5.02 Å². The van der Waals surface area contributed by atoms with Gasteiger partial charge in [0.1, 0.15) is 17.5 Å². The van der Waals surface area contributed by atoms with Crippen LogP contribution in [-0.2, 0) is 10.0 Å². The minimum atomic E-state index is -4.02. The second-order valence-electron chi connectivity index (χ2n) is 7.70. The van der Waals surface area contributed by atoms with Gasteiger partial charge in [-0.25, -0.2) is 26.5 Å². The first kappa shape index (κ1) is 24.8. The van der Waals surface area contributed by atoms with Crippen molar-refractivity contribution in [2.24, 2.45) is 10.1 Å². The molecule has 0 radical (unpaired) electrons. The Morgan fingerprint density at radius 3 is 2.62 bits per heavy atom. The molecule has 2 heterocycles. The van der Waals surface area contributed by atoms with Gasteiger partial charge in [0.25, 0.3) is 0 Å². The van der Waals surface area contributed by atoms with E-state index in [9.17, 15) is 17.2 Å². The van der Waals surface area contributed by atoms with E-state index in [1.54, 1.807) is 17.3 Å². The lowest BCUT2D eigenvalue weighted by molar-refractivity contribution is 0.280. The molecule has 12 heteroatoms. The quantitative estimate of drug-likeness (QED) is 0.384. The van der Waals surface area contributed by atoms with Crippen LogP contribution in [0.5, 0.6) is 0 Å². The van der Waals surface area contributed by atoms with Crippen molar-refractivity contribution in [1.82, 2.24) is 14.6 Å². The minimum Gasteiger partial charge on any atom is -0.370 e. The molecule has 180 valence electrons. The SMILES string of the molecule is CN(CCCNC1=CC(c2ccccc2Cl)=NC2C(Br)C=NN12)S(=O)(=O)c1cc(F)cc(F)c1. The van der Waals surface area contributed by atoms with Crippen molar-refractivity contribution in [1.29, 1.82) is 0 Å². The number of benzene rings is 2. The number of halogens is 4. The summed E-state index contributed by atoms with van der Waals surface area (Å²) in [5.41, 5.74) is 1.50. The molecule has 0 aromatic heterocycles. The minimum absolute atomic E-state index is 0.0848. The summed E-state index contributed by atoms with van der Waals surface area (Å²) in [6.45, 7) is 0.560. The Balaban J connectivity index is 1.43. The van der Waals surface area contributed by atoms with Gasteiger partial charge in [0.15, 0.2) is 6.17 Å². The fourth-order valence-corrected chi connectivity index (χ4v) is 5.50. The van der Waals surface area contributed by atoms with E-state index >= 15 is 0 Å². The maximum absolute atomic E-state index is 13.5. The number of hydrogen-bond acceptors (Lipinski definition) is 6. The van der Waals surface area contributed by atoms with E-state index in [1.165, 1.54) is 7.05 Å². The Bertz CT molecular complexity index is 1270. The van der Waals surface area contributed by atoms with Crippen molar-refractivity contribution in [3.63, 3.8) is 0 Å². The number of allylic oxidation sites excluding steroid dienone is 1. The molecule has 4 rings (SSSR count). The standard InChI is InChI=1S/C22H21BrClF2N5O2S/c1-30(34(32,33)16-10-14(25)9-15(26)11-16)8-4-7-27-21-12-20(17-5-2-3-6-19(17)24)29-22-18(23)13-28-31(21)22/h2-3,5-6,9-13,18,22,27H,4,7-8H2,1H3. The third-order valence-corrected chi connectivity index (χ3v) is 8.18. The summed E-state index contributed by atoms with van der Waals surface area (Å²) in [5.74, 6) is -1.19. The van der Waals surface area contributed by atoms with E-state index in [2.05, 4.69) is 26.3 Å². The van der Waals surface area contributed by atoms with Gasteiger partial charge in [0.2, 0.25) is 10.0 Å². The molecule has 0 saturated heterocycles. The lowest BCUT2D eigenvalue weighted by atomic mass is 10.1. The molecule has 2 aliphatic heterocycles. The Morgan fingerprint density at radius 1 is 1.21 bits per heavy atom. The fourth-order valence-electron chi connectivity index (χ4n) is 3.57. The lowest BCUT2D eigenvalue weighted by Gasteiger charge is -2.30. The van der Waals surface area contributed by atoms with E-state index in [0.29, 0.717) is 35.6 Å². The average molecular weight is 573 g/mol. The Morgan fingerprint density at radius 2 is 1.91 bits per heavy atom. The van der Waals surface area contributed by atoms with Crippen LogP contribution in [0.25, 0.3) is 0 Å². The van der Waals surface area contributed by atoms with Crippen LogP contribution in [0.4, 0.5) is 8.78 Å². The van der Waals surface area contributed by atoms with Gasteiger partial charge in [-0.15, -0.1) is 0 Å². The van der Waals surface area contributed by atoms with Gasteiger partial charge in [0, 0.05) is 49.1 Å². The van der Waals surface area contributed by atoms with Crippen molar-refractivity contribution in [2.75, 3.05) is 20.1 Å². The van der Waals surface area contributed by atoms with Crippen molar-refractivity contribution < 1.29 is 17.2 Å². The molecule has 2 aromatic carbocycles. The third kappa shape index (κ3) is 5.17. The summed E-state index contributed by atoms with van der Waals surface area (Å²) in [4.78, 5) is 4.26. The van der Waals surface area contributed by atoms with Crippen molar-refractivity contribution in [3.05, 3.63) is 76.6 Å². The maximum Gasteiger partial charge on any atom is 0.243 e. The molecule has 2 atom stereocenters. The summed E-state index contributed by atoms with van der Waals surface area (Å²) >= 11 is 9.93. The highest BCUT2D eigenvalue weighted by Crippen LogP contribution is 2.29. The molecule has 1 N–H and O–H groups in total. The summed E-state index contributed by atoms with van der Waals surface area (Å²) in [6.07, 6.45) is 3.74. The first-order valence-electron chi connectivity index (χ1n) is 10.3. The van der Waals surface area contributed by atoms with Crippen LogP contribution in [0.3, 0.4) is 0 Å². The third-order valence-electron chi connectivity index (χ3n) is 5.31. The summed E-state index contributed by atoms with van der Waals surface area (Å²) in [5, 5.41) is 10.0. The largest absolute Gasteiger partial charge is 0.370 e. The average Bonchev–Trinajstić information content (AvgIpc) is 3.17. The number of aliphatic imine (C=N–C) groups is 1. The molecule has 2 unspecified atom stereocenters. The second-order valence-corrected chi connectivity index (χ2v) is 11.2. The van der Waals surface area contributed by atoms with E-state index in [0.717, 1.165) is 22.0 Å². The van der Waals surface area contributed by atoms with E-state index < -0.39 is 26.6 Å². The Kier molecular flexibility index (Phi) is 7.36. The molecule has 0 aliphatic carbocycles. The number of nitrogens with zero attached hydrogens (tertiary/aromatic N) is 4. The Hall–Kier alpha value is -2.34. The maximum atomic E-state index is 13.5. The van der Waals surface area contributed by atoms with Gasteiger partial charge in [-0.05, 0) is 24.6 Å². The number of hydrazone groups is 1. The molecule has 0 saturated carbocycles. The van der Waals surface area contributed by atoms with E-state index in [-0.39, 0.29) is 17.5 Å². The summed E-state index contributed by atoms with van der Waals surface area (Å²) < 4.78 is 53.3. The normalized spacial score (nSPS) is 19.8. The molecule has 0 amide bonds. The highest BCUT2D eigenvalue weighted by atomic mass is 79.9. The molecule has 2 aromatic rings. The van der Waals surface area contributed by atoms with Crippen molar-refractivity contribution in [3.8, 4) is 0 Å². The first-order valence-corrected chi connectivity index (χ1v) is 13.1. The van der Waals surface area contributed by atoms with Crippen LogP contribution in [0.1, 0.15) is 12.0 Å². The van der Waals surface area contributed by atoms with E-state index in [1.807, 2.05) is 24.3 Å². The number of rotatable bonds is 8. The summed E-state index contributed by atoms with van der Waals surface area (Å²) in [7, 11) is -2.65.